The Morgan fingerprint density at radius 1 is 0.905 bits per heavy atom. The van der Waals surface area contributed by atoms with Crippen LogP contribution < -0.4 is 10.1 Å². The molecule has 104 valence electrons. The number of imide groups is 1. The molecule has 0 fully saturated rings. The molecular formula is C17H13NO3. The molecule has 0 spiro atoms. The summed E-state index contributed by atoms with van der Waals surface area (Å²) in [5.41, 5.74) is 2.51. The van der Waals surface area contributed by atoms with Crippen molar-refractivity contribution in [2.45, 2.75) is 0 Å². The zero-order chi connectivity index (χ0) is 14.8. The maximum Gasteiger partial charge on any atom is 0.258 e. The zero-order valence-electron chi connectivity index (χ0n) is 11.4. The lowest BCUT2D eigenvalue weighted by molar-refractivity contribution is -0.114. The molecule has 0 saturated heterocycles. The lowest BCUT2D eigenvalue weighted by atomic mass is 9.93. The van der Waals surface area contributed by atoms with Crippen molar-refractivity contribution in [1.29, 1.82) is 0 Å². The Labute approximate surface area is 122 Å². The van der Waals surface area contributed by atoms with E-state index in [4.69, 9.17) is 4.74 Å². The van der Waals surface area contributed by atoms with Crippen LogP contribution in [0.1, 0.15) is 21.5 Å². The SMILES string of the molecule is COc1ccc(C=C2C(=O)NC(=O)c3ccccc32)cc1. The fraction of sp³-hybridized carbons (Fsp3) is 0.0588. The van der Waals surface area contributed by atoms with E-state index in [1.165, 1.54) is 0 Å². The highest BCUT2D eigenvalue weighted by Crippen LogP contribution is 2.26. The molecule has 0 aliphatic carbocycles. The second-order valence-electron chi connectivity index (χ2n) is 4.66. The minimum atomic E-state index is -0.380. The highest BCUT2D eigenvalue weighted by molar-refractivity contribution is 6.33. The van der Waals surface area contributed by atoms with Crippen molar-refractivity contribution in [3.05, 3.63) is 65.2 Å². The van der Waals surface area contributed by atoms with Gasteiger partial charge in [-0.2, -0.15) is 0 Å². The van der Waals surface area contributed by atoms with Crippen molar-refractivity contribution < 1.29 is 14.3 Å². The molecule has 21 heavy (non-hydrogen) atoms. The van der Waals surface area contributed by atoms with Gasteiger partial charge >= 0.3 is 0 Å². The lowest BCUT2D eigenvalue weighted by Crippen LogP contribution is -2.36. The quantitative estimate of drug-likeness (QED) is 0.679. The Hall–Kier alpha value is -2.88. The first-order valence-electron chi connectivity index (χ1n) is 6.50. The van der Waals surface area contributed by atoms with E-state index in [0.29, 0.717) is 16.7 Å². The summed E-state index contributed by atoms with van der Waals surface area (Å²) in [6, 6.07) is 14.4. The number of hydrogen-bond acceptors (Lipinski definition) is 3. The Morgan fingerprint density at radius 3 is 2.24 bits per heavy atom. The van der Waals surface area contributed by atoms with Crippen LogP contribution in [0.5, 0.6) is 5.75 Å². The number of hydrogen-bond donors (Lipinski definition) is 1. The smallest absolute Gasteiger partial charge is 0.258 e. The number of carbonyl (C=O) groups is 2. The van der Waals surface area contributed by atoms with Crippen molar-refractivity contribution >= 4 is 23.5 Å². The van der Waals surface area contributed by atoms with Crippen LogP contribution in [0.4, 0.5) is 0 Å². The van der Waals surface area contributed by atoms with Crippen LogP contribution in [0, 0.1) is 0 Å². The topological polar surface area (TPSA) is 55.4 Å². The van der Waals surface area contributed by atoms with Gasteiger partial charge in [0.2, 0.25) is 0 Å². The highest BCUT2D eigenvalue weighted by Gasteiger charge is 2.26. The van der Waals surface area contributed by atoms with Crippen LogP contribution >= 0.6 is 0 Å². The zero-order valence-corrected chi connectivity index (χ0v) is 11.4. The second kappa shape index (κ2) is 5.25. The monoisotopic (exact) mass is 279 g/mol. The van der Waals surface area contributed by atoms with E-state index in [0.717, 1.165) is 11.3 Å². The van der Waals surface area contributed by atoms with Crippen LogP contribution in [0.2, 0.25) is 0 Å². The molecule has 4 nitrogen and oxygen atoms in total. The number of amides is 2. The van der Waals surface area contributed by atoms with Gasteiger partial charge in [0.25, 0.3) is 11.8 Å². The van der Waals surface area contributed by atoms with E-state index >= 15 is 0 Å². The van der Waals surface area contributed by atoms with Gasteiger partial charge in [0, 0.05) is 11.1 Å². The van der Waals surface area contributed by atoms with Gasteiger partial charge < -0.3 is 4.74 Å². The molecule has 1 aliphatic heterocycles. The maximum absolute atomic E-state index is 12.1. The fourth-order valence-electron chi connectivity index (χ4n) is 2.29. The molecule has 4 heteroatoms. The molecular weight excluding hydrogens is 266 g/mol. The van der Waals surface area contributed by atoms with Gasteiger partial charge in [-0.1, -0.05) is 30.3 Å². The van der Waals surface area contributed by atoms with Gasteiger partial charge in [0.1, 0.15) is 5.75 Å². The van der Waals surface area contributed by atoms with Gasteiger partial charge in [-0.25, -0.2) is 0 Å². The maximum atomic E-state index is 12.1. The van der Waals surface area contributed by atoms with E-state index in [1.54, 1.807) is 31.4 Å². The van der Waals surface area contributed by atoms with Crippen molar-refractivity contribution in [3.8, 4) is 5.75 Å². The average Bonchev–Trinajstić information content (AvgIpc) is 2.52. The molecule has 0 aromatic heterocycles. The standard InChI is InChI=1S/C17H13NO3/c1-21-12-8-6-11(7-9-12)10-15-13-4-2-3-5-14(13)16(19)18-17(15)20/h2-10H,1H3,(H,18,19,20). The van der Waals surface area contributed by atoms with Gasteiger partial charge in [-0.05, 0) is 35.4 Å². The van der Waals surface area contributed by atoms with E-state index in [1.807, 2.05) is 30.3 Å². The Morgan fingerprint density at radius 2 is 1.57 bits per heavy atom. The number of carbonyl (C=O) groups excluding carboxylic acids is 2. The molecule has 0 unspecified atom stereocenters. The largest absolute Gasteiger partial charge is 0.497 e. The second-order valence-corrected chi connectivity index (χ2v) is 4.66. The predicted molar refractivity (Wildman–Crippen MR) is 79.8 cm³/mol. The molecule has 0 radical (unpaired) electrons. The van der Waals surface area contributed by atoms with E-state index in [-0.39, 0.29) is 11.8 Å². The molecule has 0 bridgehead atoms. The summed E-state index contributed by atoms with van der Waals surface area (Å²) in [6.45, 7) is 0. The first-order chi connectivity index (χ1) is 10.2. The molecule has 2 aromatic rings. The van der Waals surface area contributed by atoms with Crippen LogP contribution in [-0.4, -0.2) is 18.9 Å². The molecule has 1 heterocycles. The molecule has 2 aromatic carbocycles. The number of nitrogens with one attached hydrogen (secondary N) is 1. The van der Waals surface area contributed by atoms with Gasteiger partial charge in [0.05, 0.1) is 7.11 Å². The normalized spacial score (nSPS) is 15.6. The van der Waals surface area contributed by atoms with Crippen molar-refractivity contribution in [2.75, 3.05) is 7.11 Å². The first-order valence-corrected chi connectivity index (χ1v) is 6.50. The molecule has 1 N–H and O–H groups in total. The molecule has 0 saturated carbocycles. The van der Waals surface area contributed by atoms with Crippen LogP contribution in [-0.2, 0) is 4.79 Å². The first kappa shape index (κ1) is 13.1. The summed E-state index contributed by atoms with van der Waals surface area (Å²) in [5.74, 6) is 0.0119. The lowest BCUT2D eigenvalue weighted by Gasteiger charge is -2.18. The van der Waals surface area contributed by atoms with Crippen molar-refractivity contribution in [2.24, 2.45) is 0 Å². The molecule has 3 rings (SSSR count). The highest BCUT2D eigenvalue weighted by atomic mass is 16.5. The predicted octanol–water partition coefficient (Wildman–Crippen LogP) is 2.51. The van der Waals surface area contributed by atoms with Gasteiger partial charge in [-0.15, -0.1) is 0 Å². The van der Waals surface area contributed by atoms with Gasteiger partial charge in [0.15, 0.2) is 0 Å². The van der Waals surface area contributed by atoms with Gasteiger partial charge in [-0.3, -0.25) is 14.9 Å². The number of methoxy groups -OCH3 is 1. The summed E-state index contributed by atoms with van der Waals surface area (Å²) < 4.78 is 5.11. The Kier molecular flexibility index (Phi) is 3.28. The van der Waals surface area contributed by atoms with Crippen LogP contribution in [0.3, 0.4) is 0 Å². The summed E-state index contributed by atoms with van der Waals surface area (Å²) >= 11 is 0. The molecule has 0 atom stereocenters. The Bertz CT molecular complexity index is 745. The summed E-state index contributed by atoms with van der Waals surface area (Å²) in [5, 5.41) is 2.36. The number of rotatable bonds is 2. The number of ether oxygens (including phenoxy) is 1. The minimum Gasteiger partial charge on any atom is -0.497 e. The van der Waals surface area contributed by atoms with Crippen LogP contribution in [0.15, 0.2) is 48.5 Å². The van der Waals surface area contributed by atoms with Crippen molar-refractivity contribution in [3.63, 3.8) is 0 Å². The number of fused-ring (bicyclic) bond motifs is 1. The van der Waals surface area contributed by atoms with Crippen LogP contribution in [0.25, 0.3) is 11.6 Å². The average molecular weight is 279 g/mol. The summed E-state index contributed by atoms with van der Waals surface area (Å²) in [4.78, 5) is 23.9. The third kappa shape index (κ3) is 2.43. The summed E-state index contributed by atoms with van der Waals surface area (Å²) in [6.07, 6.45) is 1.76. The van der Waals surface area contributed by atoms with E-state index in [9.17, 15) is 9.59 Å². The minimum absolute atomic E-state index is 0.359. The Balaban J connectivity index is 2.07. The molecule has 2 amide bonds. The van der Waals surface area contributed by atoms with Crippen molar-refractivity contribution in [1.82, 2.24) is 5.32 Å². The molecule has 1 aliphatic rings. The third-order valence-electron chi connectivity index (χ3n) is 3.36. The van der Waals surface area contributed by atoms with E-state index in [2.05, 4.69) is 5.32 Å². The summed E-state index contributed by atoms with van der Waals surface area (Å²) in [7, 11) is 1.60. The fourth-order valence-corrected chi connectivity index (χ4v) is 2.29. The van der Waals surface area contributed by atoms with E-state index < -0.39 is 0 Å². The number of benzene rings is 2. The third-order valence-corrected chi connectivity index (χ3v) is 3.36.